The van der Waals surface area contributed by atoms with Crippen molar-refractivity contribution >= 4 is 5.91 Å². The second-order valence-electron chi connectivity index (χ2n) is 5.25. The zero-order valence-electron chi connectivity index (χ0n) is 10.1. The molecule has 0 aromatic carbocycles. The summed E-state index contributed by atoms with van der Waals surface area (Å²) in [5, 5.41) is 0. The molecule has 0 aromatic rings. The Balaban J connectivity index is 2.70. The third-order valence-electron chi connectivity index (χ3n) is 2.67. The van der Waals surface area contributed by atoms with Crippen molar-refractivity contribution in [2.45, 2.75) is 39.8 Å². The van der Waals surface area contributed by atoms with Gasteiger partial charge in [-0.15, -0.1) is 0 Å². The Labute approximate surface area is 91.8 Å². The molecule has 0 bridgehead atoms. The molecule has 0 radical (unpaired) electrons. The summed E-state index contributed by atoms with van der Waals surface area (Å²) in [6.45, 7) is 9.51. The van der Waals surface area contributed by atoms with Gasteiger partial charge < -0.3 is 15.4 Å². The van der Waals surface area contributed by atoms with Crippen molar-refractivity contribution in [3.63, 3.8) is 0 Å². The molecule has 88 valence electrons. The zero-order valence-corrected chi connectivity index (χ0v) is 10.1. The summed E-state index contributed by atoms with van der Waals surface area (Å²) in [5.74, 6) is 0.178. The van der Waals surface area contributed by atoms with E-state index in [2.05, 4.69) is 0 Å². The minimum atomic E-state index is -0.329. The number of rotatable bonds is 1. The first kappa shape index (κ1) is 12.5. The van der Waals surface area contributed by atoms with Gasteiger partial charge in [-0.05, 0) is 6.92 Å². The van der Waals surface area contributed by atoms with Gasteiger partial charge >= 0.3 is 0 Å². The molecule has 4 nitrogen and oxygen atoms in total. The molecule has 2 unspecified atom stereocenters. The normalized spacial score (nSPS) is 27.9. The van der Waals surface area contributed by atoms with Crippen molar-refractivity contribution < 1.29 is 9.53 Å². The van der Waals surface area contributed by atoms with Crippen molar-refractivity contribution in [2.24, 2.45) is 11.1 Å². The molecule has 1 rings (SSSR count). The Bertz CT molecular complexity index is 235. The lowest BCUT2D eigenvalue weighted by molar-refractivity contribution is -0.151. The summed E-state index contributed by atoms with van der Waals surface area (Å²) in [4.78, 5) is 14.0. The van der Waals surface area contributed by atoms with Crippen LogP contribution in [0.3, 0.4) is 0 Å². The monoisotopic (exact) mass is 214 g/mol. The highest BCUT2D eigenvalue weighted by Gasteiger charge is 2.34. The molecule has 1 amide bonds. The maximum atomic E-state index is 12.1. The van der Waals surface area contributed by atoms with Gasteiger partial charge in [0.05, 0.1) is 18.8 Å². The first-order valence-electron chi connectivity index (χ1n) is 5.49. The fraction of sp³-hybridized carbons (Fsp3) is 0.909. The fourth-order valence-electron chi connectivity index (χ4n) is 1.67. The lowest BCUT2D eigenvalue weighted by Crippen LogP contribution is -2.55. The number of hydrogen-bond acceptors (Lipinski definition) is 3. The van der Waals surface area contributed by atoms with Crippen LogP contribution in [0.25, 0.3) is 0 Å². The fourth-order valence-corrected chi connectivity index (χ4v) is 1.67. The van der Waals surface area contributed by atoms with Gasteiger partial charge in [-0.3, -0.25) is 4.79 Å². The van der Waals surface area contributed by atoms with Gasteiger partial charge in [0.2, 0.25) is 5.91 Å². The molecule has 0 aromatic heterocycles. The summed E-state index contributed by atoms with van der Waals surface area (Å²) in [7, 11) is 0. The molecule has 2 atom stereocenters. The van der Waals surface area contributed by atoms with E-state index >= 15 is 0 Å². The highest BCUT2D eigenvalue weighted by molar-refractivity contribution is 5.81. The molecule has 0 spiro atoms. The van der Waals surface area contributed by atoms with Crippen LogP contribution >= 0.6 is 0 Å². The van der Waals surface area contributed by atoms with Gasteiger partial charge in [0.15, 0.2) is 0 Å². The number of nitrogens with two attached hydrogens (primary N) is 1. The van der Waals surface area contributed by atoms with Crippen LogP contribution in [-0.2, 0) is 9.53 Å². The Morgan fingerprint density at radius 1 is 1.53 bits per heavy atom. The number of carbonyl (C=O) groups excluding carboxylic acids is 1. The molecule has 2 N–H and O–H groups in total. The van der Waals surface area contributed by atoms with Crippen LogP contribution in [0.15, 0.2) is 0 Å². The van der Waals surface area contributed by atoms with E-state index in [1.54, 1.807) is 0 Å². The number of ether oxygens (including phenoxy) is 1. The summed E-state index contributed by atoms with van der Waals surface area (Å²) in [6.07, 6.45) is -0.00694. The number of morpholine rings is 1. The molecule has 1 fully saturated rings. The quantitative estimate of drug-likeness (QED) is 0.695. The maximum absolute atomic E-state index is 12.1. The second kappa shape index (κ2) is 4.49. The van der Waals surface area contributed by atoms with E-state index in [9.17, 15) is 4.79 Å². The van der Waals surface area contributed by atoms with Crippen LogP contribution in [0.5, 0.6) is 0 Å². The van der Waals surface area contributed by atoms with E-state index in [1.165, 1.54) is 0 Å². The Kier molecular flexibility index (Phi) is 3.73. The average molecular weight is 214 g/mol. The summed E-state index contributed by atoms with van der Waals surface area (Å²) in [6, 6.07) is 0.152. The first-order valence-corrected chi connectivity index (χ1v) is 5.49. The Morgan fingerprint density at radius 2 is 2.13 bits per heavy atom. The summed E-state index contributed by atoms with van der Waals surface area (Å²) in [5.41, 5.74) is 5.23. The first-order chi connectivity index (χ1) is 6.86. The van der Waals surface area contributed by atoms with Gasteiger partial charge in [0.1, 0.15) is 0 Å². The minimum absolute atomic E-state index is 0.00694. The highest BCUT2D eigenvalue weighted by atomic mass is 16.5. The predicted octanol–water partition coefficient (Wildman–Crippen LogP) is 0.607. The van der Waals surface area contributed by atoms with Crippen molar-refractivity contribution in [3.8, 4) is 0 Å². The molecule has 1 saturated heterocycles. The minimum Gasteiger partial charge on any atom is -0.373 e. The lowest BCUT2D eigenvalue weighted by Gasteiger charge is -2.40. The molecule has 0 saturated carbocycles. The topological polar surface area (TPSA) is 55.6 Å². The number of amides is 1. The van der Waals surface area contributed by atoms with Gasteiger partial charge in [-0.25, -0.2) is 0 Å². The van der Waals surface area contributed by atoms with Crippen molar-refractivity contribution in [2.75, 3.05) is 19.7 Å². The van der Waals surface area contributed by atoms with Crippen molar-refractivity contribution in [3.05, 3.63) is 0 Å². The van der Waals surface area contributed by atoms with Crippen LogP contribution in [0.1, 0.15) is 27.7 Å². The van der Waals surface area contributed by atoms with Crippen molar-refractivity contribution in [1.82, 2.24) is 4.90 Å². The molecule has 15 heavy (non-hydrogen) atoms. The maximum Gasteiger partial charge on any atom is 0.228 e. The third-order valence-corrected chi connectivity index (χ3v) is 2.67. The van der Waals surface area contributed by atoms with Crippen LogP contribution in [-0.4, -0.2) is 42.6 Å². The van der Waals surface area contributed by atoms with Gasteiger partial charge in [-0.1, -0.05) is 20.8 Å². The van der Waals surface area contributed by atoms with E-state index < -0.39 is 0 Å². The molecule has 4 heteroatoms. The van der Waals surface area contributed by atoms with Gasteiger partial charge in [0, 0.05) is 18.5 Å². The average Bonchev–Trinajstić information content (AvgIpc) is 2.16. The molecule has 1 aliphatic rings. The number of nitrogens with zero attached hydrogens (tertiary/aromatic N) is 1. The van der Waals surface area contributed by atoms with Crippen LogP contribution < -0.4 is 5.73 Å². The van der Waals surface area contributed by atoms with E-state index in [-0.39, 0.29) is 23.5 Å². The van der Waals surface area contributed by atoms with Gasteiger partial charge in [-0.2, -0.15) is 0 Å². The standard InChI is InChI=1S/C11H22N2O2/c1-8-7-15-9(5-12)6-13(8)10(14)11(2,3)4/h8-9H,5-7,12H2,1-4H3. The van der Waals surface area contributed by atoms with Crippen LogP contribution in [0.4, 0.5) is 0 Å². The van der Waals surface area contributed by atoms with E-state index in [4.69, 9.17) is 10.5 Å². The molecular formula is C11H22N2O2. The molecule has 1 aliphatic heterocycles. The highest BCUT2D eigenvalue weighted by Crippen LogP contribution is 2.22. The zero-order chi connectivity index (χ0) is 11.6. The van der Waals surface area contributed by atoms with E-state index in [0.717, 1.165) is 0 Å². The molecular weight excluding hydrogens is 192 g/mol. The van der Waals surface area contributed by atoms with Gasteiger partial charge in [0.25, 0.3) is 0 Å². The largest absolute Gasteiger partial charge is 0.373 e. The number of hydrogen-bond donors (Lipinski definition) is 1. The SMILES string of the molecule is CC1COC(CN)CN1C(=O)C(C)(C)C. The number of carbonyl (C=O) groups is 1. The van der Waals surface area contributed by atoms with Crippen molar-refractivity contribution in [1.29, 1.82) is 0 Å². The Morgan fingerprint density at radius 3 is 2.60 bits per heavy atom. The van der Waals surface area contributed by atoms with E-state index in [1.807, 2.05) is 32.6 Å². The predicted molar refractivity (Wildman–Crippen MR) is 59.4 cm³/mol. The molecule has 0 aliphatic carbocycles. The molecule has 1 heterocycles. The second-order valence-corrected chi connectivity index (χ2v) is 5.25. The summed E-state index contributed by atoms with van der Waals surface area (Å²) >= 11 is 0. The smallest absolute Gasteiger partial charge is 0.228 e. The third kappa shape index (κ3) is 2.92. The van der Waals surface area contributed by atoms with Crippen LogP contribution in [0.2, 0.25) is 0 Å². The van der Waals surface area contributed by atoms with E-state index in [0.29, 0.717) is 19.7 Å². The van der Waals surface area contributed by atoms with Crippen LogP contribution in [0, 0.1) is 5.41 Å². The lowest BCUT2D eigenvalue weighted by atomic mass is 9.93. The Hall–Kier alpha value is -0.610. The summed E-state index contributed by atoms with van der Waals surface area (Å²) < 4.78 is 5.51.